The zero-order chi connectivity index (χ0) is 38.4. The van der Waals surface area contributed by atoms with E-state index in [0.717, 1.165) is 22.3 Å². The van der Waals surface area contributed by atoms with E-state index in [1.54, 1.807) is 24.6 Å². The van der Waals surface area contributed by atoms with E-state index in [0.29, 0.717) is 51.2 Å². The van der Waals surface area contributed by atoms with Gasteiger partial charge in [-0.3, -0.25) is 14.8 Å². The van der Waals surface area contributed by atoms with Gasteiger partial charge in [-0.1, -0.05) is 149 Å². The number of nitrogens with zero attached hydrogens (tertiary/aromatic N) is 3. The quantitative estimate of drug-likeness (QED) is 0.137. The van der Waals surface area contributed by atoms with E-state index in [2.05, 4.69) is 46.5 Å². The van der Waals surface area contributed by atoms with Crippen molar-refractivity contribution in [1.82, 2.24) is 9.97 Å². The van der Waals surface area contributed by atoms with Crippen LogP contribution in [0.4, 0.5) is 11.4 Å². The molecule has 4 aromatic carbocycles. The molecule has 5 aromatic rings. The molecule has 0 saturated carbocycles. The van der Waals surface area contributed by atoms with Gasteiger partial charge in [0.1, 0.15) is 5.69 Å². The molecule has 0 spiro atoms. The molecule has 0 amide bonds. The average Bonchev–Trinajstić information content (AvgIpc) is 3.02. The number of hydrogen-bond acceptors (Lipinski definition) is 6. The number of nitrogens with one attached hydrogen (secondary N) is 1. The fourth-order valence-electron chi connectivity index (χ4n) is 6.02. The van der Waals surface area contributed by atoms with Crippen LogP contribution in [0.3, 0.4) is 0 Å². The number of aliphatic imine (C=N–C) groups is 2. The average molecular weight is 760 g/mol. The normalized spacial score (nSPS) is 12.9. The monoisotopic (exact) mass is 759 g/mol. The fourth-order valence-corrected chi connectivity index (χ4v) is 6.02. The van der Waals surface area contributed by atoms with Crippen molar-refractivity contribution in [2.45, 2.75) is 111 Å². The van der Waals surface area contributed by atoms with Gasteiger partial charge in [-0.15, -0.1) is 0 Å². The summed E-state index contributed by atoms with van der Waals surface area (Å²) in [4.78, 5) is 30.7. The van der Waals surface area contributed by atoms with Gasteiger partial charge in [0.25, 0.3) is 5.56 Å². The fraction of sp³-hybridized carbons (Fsp3) is 0.378. The molecule has 281 valence electrons. The molecule has 5 rings (SSSR count). The van der Waals surface area contributed by atoms with Gasteiger partial charge in [0, 0.05) is 18.9 Å². The van der Waals surface area contributed by atoms with E-state index in [1.165, 1.54) is 0 Å². The van der Waals surface area contributed by atoms with Gasteiger partial charge < -0.3 is 15.2 Å². The van der Waals surface area contributed by atoms with Crippen molar-refractivity contribution in [3.63, 3.8) is 0 Å². The van der Waals surface area contributed by atoms with Crippen molar-refractivity contribution in [2.24, 2.45) is 9.98 Å². The van der Waals surface area contributed by atoms with Gasteiger partial charge in [0.15, 0.2) is 0 Å². The molecule has 0 bridgehead atoms. The molecule has 0 saturated heterocycles. The van der Waals surface area contributed by atoms with Gasteiger partial charge in [-0.25, -0.2) is 4.98 Å². The van der Waals surface area contributed by atoms with E-state index >= 15 is 0 Å². The van der Waals surface area contributed by atoms with Crippen molar-refractivity contribution in [3.05, 3.63) is 122 Å². The number of H-pyrrole nitrogens is 1. The second kappa shape index (κ2) is 15.1. The summed E-state index contributed by atoms with van der Waals surface area (Å²) >= 11 is 0. The Morgan fingerprint density at radius 1 is 0.642 bits per heavy atom. The summed E-state index contributed by atoms with van der Waals surface area (Å²) in [5, 5.41) is 27.6. The molecule has 1 radical (unpaired) electrons. The number of fused-ring (bicyclic) bond motifs is 1. The predicted molar refractivity (Wildman–Crippen MR) is 213 cm³/mol. The maximum atomic E-state index is 13.8. The van der Waals surface area contributed by atoms with Gasteiger partial charge >= 0.3 is 17.1 Å². The second-order valence-corrected chi connectivity index (χ2v) is 17.9. The van der Waals surface area contributed by atoms with Gasteiger partial charge in [-0.05, 0) is 72.7 Å². The van der Waals surface area contributed by atoms with E-state index in [9.17, 15) is 15.0 Å². The molecule has 8 heteroatoms. The Morgan fingerprint density at radius 2 is 1.09 bits per heavy atom. The maximum Gasteiger partial charge on any atom is 2.00 e. The molecule has 53 heavy (non-hydrogen) atoms. The maximum absolute atomic E-state index is 13.8. The Kier molecular flexibility index (Phi) is 11.7. The van der Waals surface area contributed by atoms with Crippen LogP contribution < -0.4 is 15.8 Å². The first-order chi connectivity index (χ1) is 24.0. The van der Waals surface area contributed by atoms with Crippen LogP contribution >= 0.6 is 0 Å². The molecule has 0 aliphatic heterocycles. The summed E-state index contributed by atoms with van der Waals surface area (Å²) in [6, 6.07) is 21.0. The molecule has 0 atom stereocenters. The number of hydrogen-bond donors (Lipinski definition) is 1. The Bertz CT molecular complexity index is 2240. The van der Waals surface area contributed by atoms with Crippen LogP contribution in [0.5, 0.6) is 11.5 Å². The van der Waals surface area contributed by atoms with Crippen molar-refractivity contribution >= 4 is 34.8 Å². The van der Waals surface area contributed by atoms with Crippen LogP contribution in [-0.2, 0) is 45.1 Å². The third-order valence-corrected chi connectivity index (χ3v) is 9.34. The zero-order valence-electron chi connectivity index (χ0n) is 33.1. The number of benzene rings is 4. The van der Waals surface area contributed by atoms with Gasteiger partial charge in [0.05, 0.1) is 22.4 Å². The first kappa shape index (κ1) is 41.2. The summed E-state index contributed by atoms with van der Waals surface area (Å²) in [6.07, 6.45) is 3.55. The Hall–Kier alpha value is -4.52. The van der Waals surface area contributed by atoms with Crippen molar-refractivity contribution < 1.29 is 27.3 Å². The molecule has 7 nitrogen and oxygen atoms in total. The summed E-state index contributed by atoms with van der Waals surface area (Å²) < 4.78 is 0. The topological polar surface area (TPSA) is 117 Å². The zero-order valence-corrected chi connectivity index (χ0v) is 34.0. The third kappa shape index (κ3) is 9.54. The van der Waals surface area contributed by atoms with Crippen LogP contribution in [0, 0.1) is 0 Å². The second-order valence-electron chi connectivity index (χ2n) is 17.9. The van der Waals surface area contributed by atoms with Crippen LogP contribution in [-0.4, -0.2) is 22.4 Å². The molecular weight excluding hydrogens is 708 g/mol. The Morgan fingerprint density at radius 3 is 1.53 bits per heavy atom. The van der Waals surface area contributed by atoms with E-state index in [1.807, 2.05) is 96.1 Å². The molecule has 0 fully saturated rings. The van der Waals surface area contributed by atoms with E-state index < -0.39 is 0 Å². The third-order valence-electron chi connectivity index (χ3n) is 9.34. The Balaban J connectivity index is 0.00000627. The number of aromatic amines is 1. The van der Waals surface area contributed by atoms with E-state index in [-0.39, 0.29) is 55.8 Å². The van der Waals surface area contributed by atoms with Gasteiger partial charge in [0.2, 0.25) is 0 Å². The van der Waals surface area contributed by atoms with Crippen molar-refractivity contribution in [2.75, 3.05) is 0 Å². The minimum absolute atomic E-state index is 0. The number of rotatable bonds is 6. The summed E-state index contributed by atoms with van der Waals surface area (Å²) in [7, 11) is 0. The van der Waals surface area contributed by atoms with Crippen molar-refractivity contribution in [3.8, 4) is 11.5 Å². The standard InChI is InChI=1S/C45H54N4O3.Cu/c1-42(2,3)30-19-28(39(50)32(21-30)44(7,8)9)25-46-34-23-36-37(49-41(52)38(48-36)18-27-16-14-13-15-17-27)24-35(34)47-26-29-20-31(43(4,5)6)22-33(40(29)51)45(10,11)12;/h13-17,19-26,50-51H,18H2,1-12H3,(H,49,52);/q;+2/p-2. The summed E-state index contributed by atoms with van der Waals surface area (Å²) in [5.74, 6) is -0.159. The molecule has 1 heterocycles. The first-order valence-corrected chi connectivity index (χ1v) is 17.9. The molecule has 1 aromatic heterocycles. The van der Waals surface area contributed by atoms with Crippen LogP contribution in [0.1, 0.15) is 128 Å². The van der Waals surface area contributed by atoms with E-state index in [4.69, 9.17) is 15.0 Å². The van der Waals surface area contributed by atoms with Crippen LogP contribution in [0.2, 0.25) is 0 Å². The minimum Gasteiger partial charge on any atom is -0.872 e. The largest absolute Gasteiger partial charge is 2.00 e. The molecule has 0 aliphatic carbocycles. The minimum atomic E-state index is -0.370. The summed E-state index contributed by atoms with van der Waals surface area (Å²) in [5.41, 5.74) is 6.28. The first-order valence-electron chi connectivity index (χ1n) is 17.9. The molecule has 0 unspecified atom stereocenters. The predicted octanol–water partition coefficient (Wildman–Crippen LogP) is 9.35. The van der Waals surface area contributed by atoms with Crippen LogP contribution in [0.15, 0.2) is 81.5 Å². The number of aromatic nitrogens is 2. The van der Waals surface area contributed by atoms with Crippen molar-refractivity contribution in [1.29, 1.82) is 0 Å². The van der Waals surface area contributed by atoms with Gasteiger partial charge in [-0.2, -0.15) is 0 Å². The molecule has 0 aliphatic rings. The Labute approximate surface area is 325 Å². The SMILES string of the molecule is CC(C)(C)c1cc(C=Nc2cc3nc(Cc4ccccc4)c(=O)[nH]c3cc2N=Cc2cc(C(C)(C)C)cc(C(C)(C)C)c2[O-])c([O-])c(C(C)(C)C)c1.[Cu+2]. The molecule has 1 N–H and O–H groups in total. The molecular formula is C45H52CuN4O3. The van der Waals surface area contributed by atoms with Crippen LogP contribution in [0.25, 0.3) is 11.0 Å². The summed E-state index contributed by atoms with van der Waals surface area (Å²) in [6.45, 7) is 25.0. The smallest absolute Gasteiger partial charge is 0.872 e.